The molecule has 1 heterocycles. The van der Waals surface area contributed by atoms with Crippen molar-refractivity contribution in [2.45, 2.75) is 26.8 Å². The van der Waals surface area contributed by atoms with Gasteiger partial charge in [0.25, 0.3) is 11.7 Å². The van der Waals surface area contributed by atoms with Crippen LogP contribution in [0.4, 0.5) is 11.4 Å². The van der Waals surface area contributed by atoms with Gasteiger partial charge >= 0.3 is 0 Å². The maximum atomic E-state index is 13.4. The van der Waals surface area contributed by atoms with Gasteiger partial charge in [-0.25, -0.2) is 0 Å². The third-order valence-corrected chi connectivity index (χ3v) is 6.29. The molecule has 3 aromatic rings. The summed E-state index contributed by atoms with van der Waals surface area (Å²) in [7, 11) is 3.89. The Hall–Kier alpha value is -4.06. The predicted molar refractivity (Wildman–Crippen MR) is 139 cm³/mol. The van der Waals surface area contributed by atoms with Gasteiger partial charge in [-0.2, -0.15) is 0 Å². The fourth-order valence-corrected chi connectivity index (χ4v) is 4.45. The van der Waals surface area contributed by atoms with E-state index in [4.69, 9.17) is 4.74 Å². The summed E-state index contributed by atoms with van der Waals surface area (Å²) in [6.45, 7) is 6.21. The summed E-state index contributed by atoms with van der Waals surface area (Å²) in [5.41, 5.74) is 4.59. The van der Waals surface area contributed by atoms with E-state index in [0.717, 1.165) is 22.4 Å². The van der Waals surface area contributed by atoms with Crippen LogP contribution in [0.5, 0.6) is 5.75 Å². The molecule has 1 amide bonds. The first-order chi connectivity index (χ1) is 16.7. The van der Waals surface area contributed by atoms with Crippen LogP contribution in [0.3, 0.4) is 0 Å². The summed E-state index contributed by atoms with van der Waals surface area (Å²) < 4.78 is 5.61. The lowest BCUT2D eigenvalue weighted by atomic mass is 9.94. The molecule has 6 heteroatoms. The number of hydrogen-bond donors (Lipinski definition) is 1. The van der Waals surface area contributed by atoms with E-state index in [0.29, 0.717) is 23.6 Å². The molecule has 1 N–H and O–H groups in total. The Kier molecular flexibility index (Phi) is 6.65. The Morgan fingerprint density at radius 2 is 1.66 bits per heavy atom. The predicted octanol–water partition coefficient (Wildman–Crippen LogP) is 5.39. The minimum absolute atomic E-state index is 0.0689. The molecule has 35 heavy (non-hydrogen) atoms. The molecule has 4 rings (SSSR count). The maximum Gasteiger partial charge on any atom is 0.300 e. The van der Waals surface area contributed by atoms with Crippen LogP contribution in [-0.4, -0.2) is 37.5 Å². The number of anilines is 2. The summed E-state index contributed by atoms with van der Waals surface area (Å²) in [5, 5.41) is 11.4. The summed E-state index contributed by atoms with van der Waals surface area (Å²) in [6, 6.07) is 19.6. The minimum atomic E-state index is -0.765. The number of carbonyl (C=O) groups excluding carboxylic acids is 2. The zero-order chi connectivity index (χ0) is 25.3. The van der Waals surface area contributed by atoms with Crippen molar-refractivity contribution >= 4 is 28.8 Å². The number of rotatable bonds is 6. The van der Waals surface area contributed by atoms with E-state index >= 15 is 0 Å². The standard InChI is InChI=1S/C29H30N2O4/c1-6-35-24-16-13-21(17-19(24)3)27(32)25-26(20-11-14-22(15-12-20)30(4)5)31(29(34)28(25)33)23-10-8-7-9-18(23)2/h7-17,26,32H,6H2,1-5H3/b27-25-. The number of ketones is 1. The van der Waals surface area contributed by atoms with Crippen LogP contribution in [0, 0.1) is 13.8 Å². The maximum absolute atomic E-state index is 13.4. The quantitative estimate of drug-likeness (QED) is 0.297. The van der Waals surface area contributed by atoms with Crippen LogP contribution in [0.15, 0.2) is 72.3 Å². The van der Waals surface area contributed by atoms with Gasteiger partial charge < -0.3 is 14.7 Å². The molecule has 0 saturated carbocycles. The first-order valence-corrected chi connectivity index (χ1v) is 11.6. The van der Waals surface area contributed by atoms with Gasteiger partial charge in [0.15, 0.2) is 0 Å². The molecule has 0 bridgehead atoms. The normalized spacial score (nSPS) is 17.1. The van der Waals surface area contributed by atoms with Crippen molar-refractivity contribution in [2.24, 2.45) is 0 Å². The van der Waals surface area contributed by atoms with Crippen LogP contribution in [0.25, 0.3) is 5.76 Å². The fraction of sp³-hybridized carbons (Fsp3) is 0.241. The number of aliphatic hydroxyl groups excluding tert-OH is 1. The van der Waals surface area contributed by atoms with Gasteiger partial charge in [0.05, 0.1) is 18.2 Å². The van der Waals surface area contributed by atoms with Gasteiger partial charge in [-0.05, 0) is 73.9 Å². The zero-order valence-corrected chi connectivity index (χ0v) is 20.7. The molecule has 0 aromatic heterocycles. The summed E-state index contributed by atoms with van der Waals surface area (Å²) in [6.07, 6.45) is 0. The van der Waals surface area contributed by atoms with Crippen molar-refractivity contribution in [2.75, 3.05) is 30.5 Å². The first kappa shape index (κ1) is 24.1. The highest BCUT2D eigenvalue weighted by molar-refractivity contribution is 6.51. The lowest BCUT2D eigenvalue weighted by Crippen LogP contribution is -2.30. The molecule has 1 unspecified atom stereocenters. The average molecular weight is 471 g/mol. The fourth-order valence-electron chi connectivity index (χ4n) is 4.45. The van der Waals surface area contributed by atoms with Crippen LogP contribution in [0.1, 0.15) is 35.2 Å². The second kappa shape index (κ2) is 9.66. The van der Waals surface area contributed by atoms with Crippen molar-refractivity contribution in [1.29, 1.82) is 0 Å². The van der Waals surface area contributed by atoms with Gasteiger partial charge in [-0.1, -0.05) is 30.3 Å². The van der Waals surface area contributed by atoms with E-state index in [-0.39, 0.29) is 11.3 Å². The Morgan fingerprint density at radius 3 is 2.26 bits per heavy atom. The zero-order valence-electron chi connectivity index (χ0n) is 20.7. The highest BCUT2D eigenvalue weighted by atomic mass is 16.5. The number of aryl methyl sites for hydroxylation is 2. The molecule has 1 aliphatic heterocycles. The van der Waals surface area contributed by atoms with Crippen LogP contribution in [-0.2, 0) is 9.59 Å². The van der Waals surface area contributed by atoms with Gasteiger partial charge in [-0.15, -0.1) is 0 Å². The molecule has 6 nitrogen and oxygen atoms in total. The Morgan fingerprint density at radius 1 is 0.971 bits per heavy atom. The van der Waals surface area contributed by atoms with E-state index in [1.54, 1.807) is 18.2 Å². The minimum Gasteiger partial charge on any atom is -0.507 e. The molecule has 0 spiro atoms. The van der Waals surface area contributed by atoms with Gasteiger partial charge in [0.1, 0.15) is 11.5 Å². The summed E-state index contributed by atoms with van der Waals surface area (Å²) >= 11 is 0. The van der Waals surface area contributed by atoms with Crippen molar-refractivity contribution in [1.82, 2.24) is 0 Å². The number of aliphatic hydroxyl groups is 1. The molecule has 1 saturated heterocycles. The number of benzene rings is 3. The number of nitrogens with zero attached hydrogens (tertiary/aromatic N) is 2. The van der Waals surface area contributed by atoms with Crippen molar-refractivity contribution in [3.63, 3.8) is 0 Å². The van der Waals surface area contributed by atoms with Gasteiger partial charge in [0.2, 0.25) is 0 Å². The highest BCUT2D eigenvalue weighted by Crippen LogP contribution is 2.43. The monoisotopic (exact) mass is 470 g/mol. The van der Waals surface area contributed by atoms with Gasteiger partial charge in [-0.3, -0.25) is 14.5 Å². The van der Waals surface area contributed by atoms with Crippen LogP contribution in [0.2, 0.25) is 0 Å². The van der Waals surface area contributed by atoms with Crippen molar-refractivity contribution in [3.8, 4) is 5.75 Å². The number of para-hydroxylation sites is 1. The summed E-state index contributed by atoms with van der Waals surface area (Å²) in [4.78, 5) is 30.2. The average Bonchev–Trinajstić information content (AvgIpc) is 3.10. The number of ether oxygens (including phenoxy) is 1. The molecule has 0 radical (unpaired) electrons. The number of Topliss-reactive ketones (excluding diaryl/α,β-unsaturated/α-hetero) is 1. The highest BCUT2D eigenvalue weighted by Gasteiger charge is 2.47. The van der Waals surface area contributed by atoms with Crippen molar-refractivity contribution < 1.29 is 19.4 Å². The largest absolute Gasteiger partial charge is 0.507 e. The third-order valence-electron chi connectivity index (χ3n) is 6.29. The van der Waals surface area contributed by atoms with E-state index in [2.05, 4.69) is 0 Å². The number of amides is 1. The second-order valence-electron chi connectivity index (χ2n) is 8.85. The number of hydrogen-bond acceptors (Lipinski definition) is 5. The van der Waals surface area contributed by atoms with E-state index in [9.17, 15) is 14.7 Å². The SMILES string of the molecule is CCOc1ccc(/C(O)=C2/C(=O)C(=O)N(c3ccccc3C)C2c2ccc(N(C)C)cc2)cc1C. The first-order valence-electron chi connectivity index (χ1n) is 11.6. The molecule has 3 aromatic carbocycles. The third kappa shape index (κ3) is 4.39. The molecule has 0 aliphatic carbocycles. The van der Waals surface area contributed by atoms with E-state index in [1.807, 2.05) is 88.3 Å². The lowest BCUT2D eigenvalue weighted by molar-refractivity contribution is -0.132. The smallest absolute Gasteiger partial charge is 0.300 e. The van der Waals surface area contributed by atoms with Crippen LogP contribution >= 0.6 is 0 Å². The van der Waals surface area contributed by atoms with Crippen LogP contribution < -0.4 is 14.5 Å². The molecular weight excluding hydrogens is 440 g/mol. The van der Waals surface area contributed by atoms with Crippen molar-refractivity contribution in [3.05, 3.63) is 94.6 Å². The van der Waals surface area contributed by atoms with E-state index < -0.39 is 17.7 Å². The summed E-state index contributed by atoms with van der Waals surface area (Å²) in [5.74, 6) is -0.864. The number of carbonyl (C=O) groups is 2. The van der Waals surface area contributed by atoms with E-state index in [1.165, 1.54) is 4.90 Å². The Balaban J connectivity index is 1.92. The molecule has 1 fully saturated rings. The topological polar surface area (TPSA) is 70.1 Å². The Labute approximate surface area is 206 Å². The molecule has 1 aliphatic rings. The molecule has 180 valence electrons. The lowest BCUT2D eigenvalue weighted by Gasteiger charge is -2.27. The Bertz CT molecular complexity index is 1310. The molecule has 1 atom stereocenters. The van der Waals surface area contributed by atoms with Gasteiger partial charge in [0, 0.05) is 31.0 Å². The molecular formula is C29H30N2O4. The second-order valence-corrected chi connectivity index (χ2v) is 8.85.